The van der Waals surface area contributed by atoms with Gasteiger partial charge in [0, 0.05) is 5.69 Å². The fourth-order valence-electron chi connectivity index (χ4n) is 2.12. The Hall–Kier alpha value is -1.02. The average molecular weight is 219 g/mol. The van der Waals surface area contributed by atoms with Gasteiger partial charge in [0.15, 0.2) is 0 Å². The van der Waals surface area contributed by atoms with Crippen molar-refractivity contribution >= 4 is 5.69 Å². The summed E-state index contributed by atoms with van der Waals surface area (Å²) in [6.45, 7) is 2.15. The molecule has 0 aromatic heterocycles. The molecule has 0 aliphatic heterocycles. The number of hydrogen-bond donors (Lipinski definition) is 2. The highest BCUT2D eigenvalue weighted by Gasteiger charge is 2.29. The molecular formula is C14H21NO. The molecule has 0 amide bonds. The van der Waals surface area contributed by atoms with Gasteiger partial charge in [-0.05, 0) is 55.2 Å². The molecule has 88 valence electrons. The van der Waals surface area contributed by atoms with Gasteiger partial charge in [-0.15, -0.1) is 0 Å². The molecule has 2 heteroatoms. The second-order valence-electron chi connectivity index (χ2n) is 4.83. The molecule has 0 unspecified atom stereocenters. The monoisotopic (exact) mass is 219 g/mol. The molecule has 0 saturated heterocycles. The van der Waals surface area contributed by atoms with Gasteiger partial charge >= 0.3 is 0 Å². The Labute approximate surface area is 97.5 Å². The first-order valence-corrected chi connectivity index (χ1v) is 6.26. The molecule has 16 heavy (non-hydrogen) atoms. The highest BCUT2D eigenvalue weighted by molar-refractivity contribution is 5.48. The van der Waals surface area contributed by atoms with Crippen molar-refractivity contribution in [3.63, 3.8) is 0 Å². The van der Waals surface area contributed by atoms with Crippen LogP contribution in [0.25, 0.3) is 0 Å². The SMILES string of the molecule is CCc1ccc(N)c(CC[C@@H](O)C2CC2)c1. The number of aliphatic hydroxyl groups excluding tert-OH is 1. The fraction of sp³-hybridized carbons (Fsp3) is 0.571. The van der Waals surface area contributed by atoms with Crippen molar-refractivity contribution in [3.05, 3.63) is 29.3 Å². The lowest BCUT2D eigenvalue weighted by molar-refractivity contribution is 0.142. The van der Waals surface area contributed by atoms with Crippen LogP contribution < -0.4 is 5.73 Å². The standard InChI is InChI=1S/C14H21NO/c1-2-10-3-7-13(15)12(9-10)6-8-14(16)11-4-5-11/h3,7,9,11,14,16H,2,4-6,8,15H2,1H3/t14-/m1/s1. The minimum absolute atomic E-state index is 0.121. The molecule has 0 spiro atoms. The zero-order valence-corrected chi connectivity index (χ0v) is 9.95. The van der Waals surface area contributed by atoms with E-state index < -0.39 is 0 Å². The van der Waals surface area contributed by atoms with Crippen LogP contribution in [-0.4, -0.2) is 11.2 Å². The molecule has 2 rings (SSSR count). The first-order chi connectivity index (χ1) is 7.70. The van der Waals surface area contributed by atoms with Crippen LogP contribution in [0, 0.1) is 5.92 Å². The lowest BCUT2D eigenvalue weighted by Crippen LogP contribution is -2.11. The van der Waals surface area contributed by atoms with E-state index in [4.69, 9.17) is 5.73 Å². The van der Waals surface area contributed by atoms with E-state index in [2.05, 4.69) is 19.1 Å². The van der Waals surface area contributed by atoms with Crippen molar-refractivity contribution in [3.8, 4) is 0 Å². The first-order valence-electron chi connectivity index (χ1n) is 6.26. The normalized spacial score (nSPS) is 17.4. The van der Waals surface area contributed by atoms with E-state index in [0.29, 0.717) is 5.92 Å². The van der Waals surface area contributed by atoms with Crippen LogP contribution in [0.2, 0.25) is 0 Å². The summed E-state index contributed by atoms with van der Waals surface area (Å²) in [7, 11) is 0. The van der Waals surface area contributed by atoms with Crippen molar-refractivity contribution in [2.45, 2.75) is 45.1 Å². The van der Waals surface area contributed by atoms with E-state index in [0.717, 1.165) is 24.9 Å². The van der Waals surface area contributed by atoms with Crippen molar-refractivity contribution in [1.82, 2.24) is 0 Å². The van der Waals surface area contributed by atoms with E-state index in [1.54, 1.807) is 0 Å². The highest BCUT2D eigenvalue weighted by Crippen LogP contribution is 2.34. The largest absolute Gasteiger partial charge is 0.399 e. The van der Waals surface area contributed by atoms with Crippen molar-refractivity contribution < 1.29 is 5.11 Å². The summed E-state index contributed by atoms with van der Waals surface area (Å²) < 4.78 is 0. The third-order valence-electron chi connectivity index (χ3n) is 3.49. The number of aliphatic hydroxyl groups is 1. The van der Waals surface area contributed by atoms with Gasteiger partial charge in [-0.2, -0.15) is 0 Å². The Bertz CT molecular complexity index is 358. The summed E-state index contributed by atoms with van der Waals surface area (Å²) >= 11 is 0. The van der Waals surface area contributed by atoms with Crippen molar-refractivity contribution in [2.24, 2.45) is 5.92 Å². The summed E-state index contributed by atoms with van der Waals surface area (Å²) in [6.07, 6.45) is 5.07. The number of anilines is 1. The fourth-order valence-corrected chi connectivity index (χ4v) is 2.12. The van der Waals surface area contributed by atoms with Gasteiger partial charge in [-0.25, -0.2) is 0 Å². The highest BCUT2D eigenvalue weighted by atomic mass is 16.3. The Morgan fingerprint density at radius 3 is 2.81 bits per heavy atom. The molecule has 1 aliphatic carbocycles. The van der Waals surface area contributed by atoms with Crippen LogP contribution in [0.5, 0.6) is 0 Å². The Morgan fingerprint density at radius 2 is 2.19 bits per heavy atom. The van der Waals surface area contributed by atoms with Gasteiger partial charge in [0.05, 0.1) is 6.10 Å². The summed E-state index contributed by atoms with van der Waals surface area (Å²) in [5.41, 5.74) is 9.32. The summed E-state index contributed by atoms with van der Waals surface area (Å²) in [6, 6.07) is 6.24. The molecule has 1 aromatic carbocycles. The van der Waals surface area contributed by atoms with Crippen molar-refractivity contribution in [1.29, 1.82) is 0 Å². The smallest absolute Gasteiger partial charge is 0.0571 e. The number of aryl methyl sites for hydroxylation is 2. The van der Waals surface area contributed by atoms with Gasteiger partial charge in [0.1, 0.15) is 0 Å². The molecule has 1 fully saturated rings. The molecule has 3 N–H and O–H groups in total. The quantitative estimate of drug-likeness (QED) is 0.747. The van der Waals surface area contributed by atoms with Crippen LogP contribution >= 0.6 is 0 Å². The molecule has 0 radical (unpaired) electrons. The maximum Gasteiger partial charge on any atom is 0.0571 e. The number of nitrogen functional groups attached to an aromatic ring is 1. The maximum absolute atomic E-state index is 9.83. The van der Waals surface area contributed by atoms with E-state index in [1.165, 1.54) is 24.0 Å². The average Bonchev–Trinajstić information content (AvgIpc) is 3.11. The minimum atomic E-state index is -0.121. The molecular weight excluding hydrogens is 198 g/mol. The third-order valence-corrected chi connectivity index (χ3v) is 3.49. The molecule has 2 nitrogen and oxygen atoms in total. The third kappa shape index (κ3) is 2.76. The van der Waals surface area contributed by atoms with Gasteiger partial charge in [-0.1, -0.05) is 19.1 Å². The zero-order valence-electron chi connectivity index (χ0n) is 9.95. The van der Waals surface area contributed by atoms with Crippen LogP contribution in [0.4, 0.5) is 5.69 Å². The Balaban J connectivity index is 1.96. The second kappa shape index (κ2) is 4.88. The van der Waals surface area contributed by atoms with Crippen LogP contribution in [0.15, 0.2) is 18.2 Å². The lowest BCUT2D eigenvalue weighted by Gasteiger charge is -2.11. The zero-order chi connectivity index (χ0) is 11.5. The Morgan fingerprint density at radius 1 is 1.44 bits per heavy atom. The minimum Gasteiger partial charge on any atom is -0.399 e. The van der Waals surface area contributed by atoms with Gasteiger partial charge in [-0.3, -0.25) is 0 Å². The molecule has 1 saturated carbocycles. The second-order valence-corrected chi connectivity index (χ2v) is 4.83. The van der Waals surface area contributed by atoms with Crippen LogP contribution in [-0.2, 0) is 12.8 Å². The molecule has 0 heterocycles. The lowest BCUT2D eigenvalue weighted by atomic mass is 10.00. The van der Waals surface area contributed by atoms with Crippen molar-refractivity contribution in [2.75, 3.05) is 5.73 Å². The van der Waals surface area contributed by atoms with Gasteiger partial charge < -0.3 is 10.8 Å². The van der Waals surface area contributed by atoms with Gasteiger partial charge in [0.2, 0.25) is 0 Å². The van der Waals surface area contributed by atoms with E-state index >= 15 is 0 Å². The number of rotatable bonds is 5. The number of benzene rings is 1. The van der Waals surface area contributed by atoms with E-state index in [1.807, 2.05) is 6.07 Å². The first kappa shape index (κ1) is 11.5. The predicted octanol–water partition coefficient (Wildman–Crippen LogP) is 2.53. The Kier molecular flexibility index (Phi) is 3.49. The molecule has 0 bridgehead atoms. The van der Waals surface area contributed by atoms with Crippen LogP contribution in [0.3, 0.4) is 0 Å². The summed E-state index contributed by atoms with van der Waals surface area (Å²) in [5, 5.41) is 9.83. The maximum atomic E-state index is 9.83. The topological polar surface area (TPSA) is 46.2 Å². The van der Waals surface area contributed by atoms with Gasteiger partial charge in [0.25, 0.3) is 0 Å². The number of hydrogen-bond acceptors (Lipinski definition) is 2. The van der Waals surface area contributed by atoms with E-state index in [-0.39, 0.29) is 6.10 Å². The summed E-state index contributed by atoms with van der Waals surface area (Å²) in [5.74, 6) is 0.565. The number of nitrogens with two attached hydrogens (primary N) is 1. The van der Waals surface area contributed by atoms with Crippen LogP contribution in [0.1, 0.15) is 37.3 Å². The predicted molar refractivity (Wildman–Crippen MR) is 67.3 cm³/mol. The van der Waals surface area contributed by atoms with E-state index in [9.17, 15) is 5.11 Å². The molecule has 1 aliphatic rings. The molecule has 1 aromatic rings. The molecule has 1 atom stereocenters. The summed E-state index contributed by atoms with van der Waals surface area (Å²) in [4.78, 5) is 0.